The maximum atomic E-state index is 12.5. The minimum absolute atomic E-state index is 0.190. The van der Waals surface area contributed by atoms with E-state index in [9.17, 15) is 9.59 Å². The monoisotopic (exact) mass is 372 g/mol. The third kappa shape index (κ3) is 4.10. The zero-order valence-corrected chi connectivity index (χ0v) is 16.8. The molecule has 6 nitrogen and oxygen atoms in total. The fraction of sp³-hybridized carbons (Fsp3) is 0.524. The molecule has 2 heterocycles. The van der Waals surface area contributed by atoms with Crippen molar-refractivity contribution in [1.29, 1.82) is 0 Å². The lowest BCUT2D eigenvalue weighted by molar-refractivity contribution is -0.143. The average molecular weight is 372 g/mol. The van der Waals surface area contributed by atoms with Crippen LogP contribution in [0.2, 0.25) is 0 Å². The normalized spacial score (nSPS) is 14.2. The van der Waals surface area contributed by atoms with Gasteiger partial charge in [0.05, 0.1) is 13.2 Å². The topological polar surface area (TPSA) is 60.8 Å². The third-order valence-corrected chi connectivity index (χ3v) is 4.65. The lowest BCUT2D eigenvalue weighted by Gasteiger charge is -2.30. The molecular weight excluding hydrogens is 344 g/mol. The summed E-state index contributed by atoms with van der Waals surface area (Å²) in [5.74, 6) is -0.243. The van der Waals surface area contributed by atoms with E-state index in [-0.39, 0.29) is 18.6 Å². The fourth-order valence-corrected chi connectivity index (χ4v) is 3.56. The van der Waals surface area contributed by atoms with Crippen molar-refractivity contribution < 1.29 is 19.1 Å². The molecule has 1 aliphatic heterocycles. The Kier molecular flexibility index (Phi) is 5.18. The van der Waals surface area contributed by atoms with Gasteiger partial charge in [-0.25, -0.2) is 4.79 Å². The van der Waals surface area contributed by atoms with E-state index in [0.717, 1.165) is 27.7 Å². The molecule has 6 heteroatoms. The van der Waals surface area contributed by atoms with Crippen molar-refractivity contribution in [3.8, 4) is 0 Å². The number of carbonyl (C=O) groups is 2. The first-order chi connectivity index (χ1) is 12.7. The zero-order chi connectivity index (χ0) is 19.8. The van der Waals surface area contributed by atoms with Crippen LogP contribution in [-0.4, -0.2) is 40.3 Å². The number of aryl methyl sites for hydroxylation is 1. The molecule has 3 rings (SSSR count). The van der Waals surface area contributed by atoms with Gasteiger partial charge in [0.2, 0.25) is 0 Å². The Balaban J connectivity index is 1.98. The van der Waals surface area contributed by atoms with Crippen LogP contribution in [0.3, 0.4) is 0 Å². The third-order valence-electron chi connectivity index (χ3n) is 4.65. The molecule has 0 bridgehead atoms. The molecule has 27 heavy (non-hydrogen) atoms. The van der Waals surface area contributed by atoms with E-state index in [4.69, 9.17) is 9.47 Å². The maximum absolute atomic E-state index is 12.5. The summed E-state index contributed by atoms with van der Waals surface area (Å²) < 4.78 is 12.7. The van der Waals surface area contributed by atoms with Gasteiger partial charge in [-0.15, -0.1) is 0 Å². The van der Waals surface area contributed by atoms with E-state index in [1.54, 1.807) is 4.90 Å². The zero-order valence-electron chi connectivity index (χ0n) is 16.8. The summed E-state index contributed by atoms with van der Waals surface area (Å²) in [6.07, 6.45) is 0.383. The second-order valence-electron chi connectivity index (χ2n) is 7.99. The minimum atomic E-state index is -0.522. The molecule has 0 aliphatic carbocycles. The van der Waals surface area contributed by atoms with Crippen LogP contribution in [0.4, 0.5) is 4.79 Å². The van der Waals surface area contributed by atoms with Gasteiger partial charge in [-0.2, -0.15) is 0 Å². The van der Waals surface area contributed by atoms with Crippen molar-refractivity contribution in [2.24, 2.45) is 0 Å². The predicted octanol–water partition coefficient (Wildman–Crippen LogP) is 3.81. The van der Waals surface area contributed by atoms with Crippen molar-refractivity contribution in [2.45, 2.75) is 59.7 Å². The number of ether oxygens (including phenoxy) is 2. The highest BCUT2D eigenvalue weighted by Crippen LogP contribution is 2.32. The number of aromatic nitrogens is 1. The van der Waals surface area contributed by atoms with E-state index in [1.165, 1.54) is 0 Å². The van der Waals surface area contributed by atoms with Crippen LogP contribution in [0.25, 0.3) is 10.9 Å². The smallest absolute Gasteiger partial charge is 0.410 e. The van der Waals surface area contributed by atoms with Crippen molar-refractivity contribution in [3.05, 3.63) is 35.0 Å². The van der Waals surface area contributed by atoms with Gasteiger partial charge >= 0.3 is 12.1 Å². The van der Waals surface area contributed by atoms with Gasteiger partial charge in [-0.3, -0.25) is 4.79 Å². The van der Waals surface area contributed by atoms with Crippen LogP contribution in [0.1, 0.15) is 44.5 Å². The van der Waals surface area contributed by atoms with Gasteiger partial charge in [0.25, 0.3) is 0 Å². The molecule has 1 aromatic carbocycles. The van der Waals surface area contributed by atoms with Gasteiger partial charge in [0.15, 0.2) is 0 Å². The molecule has 2 aromatic rings. The van der Waals surface area contributed by atoms with Crippen LogP contribution in [0, 0.1) is 6.92 Å². The molecule has 1 aliphatic rings. The van der Waals surface area contributed by atoms with Crippen molar-refractivity contribution in [1.82, 2.24) is 9.47 Å². The summed E-state index contributed by atoms with van der Waals surface area (Å²) in [5, 5.41) is 1.09. The van der Waals surface area contributed by atoms with Crippen molar-refractivity contribution in [3.63, 3.8) is 0 Å². The second kappa shape index (κ2) is 7.25. The number of hydrogen-bond donors (Lipinski definition) is 0. The quantitative estimate of drug-likeness (QED) is 0.769. The second-order valence-corrected chi connectivity index (χ2v) is 7.99. The first kappa shape index (κ1) is 19.3. The van der Waals surface area contributed by atoms with E-state index in [1.807, 2.05) is 51.3 Å². The molecule has 0 saturated heterocycles. The van der Waals surface area contributed by atoms with E-state index < -0.39 is 5.60 Å². The number of hydrogen-bond acceptors (Lipinski definition) is 4. The molecule has 146 valence electrons. The molecule has 0 saturated carbocycles. The Labute approximate surface area is 160 Å². The van der Waals surface area contributed by atoms with Crippen molar-refractivity contribution >= 4 is 23.0 Å². The lowest BCUT2D eigenvalue weighted by atomic mass is 10.0. The van der Waals surface area contributed by atoms with Gasteiger partial charge in [0.1, 0.15) is 12.1 Å². The number of rotatable bonds is 3. The Morgan fingerprint density at radius 1 is 1.22 bits per heavy atom. The molecule has 0 N–H and O–H groups in total. The number of fused-ring (bicyclic) bond motifs is 3. The van der Waals surface area contributed by atoms with Crippen LogP contribution in [0.15, 0.2) is 18.2 Å². The summed E-state index contributed by atoms with van der Waals surface area (Å²) in [6.45, 7) is 11.1. The van der Waals surface area contributed by atoms with E-state index in [0.29, 0.717) is 26.1 Å². The first-order valence-electron chi connectivity index (χ1n) is 9.43. The van der Waals surface area contributed by atoms with Crippen LogP contribution in [-0.2, 0) is 33.8 Å². The van der Waals surface area contributed by atoms with Crippen LogP contribution >= 0.6 is 0 Å². The van der Waals surface area contributed by atoms with E-state index in [2.05, 4.69) is 6.07 Å². The highest BCUT2D eigenvalue weighted by molar-refractivity contribution is 5.88. The number of esters is 1. The Bertz CT molecular complexity index is 876. The molecule has 0 spiro atoms. The van der Waals surface area contributed by atoms with E-state index >= 15 is 0 Å². The van der Waals surface area contributed by atoms with Crippen molar-refractivity contribution in [2.75, 3.05) is 13.2 Å². The number of benzene rings is 1. The lowest BCUT2D eigenvalue weighted by Crippen LogP contribution is -2.40. The highest BCUT2D eigenvalue weighted by Gasteiger charge is 2.30. The molecule has 0 fully saturated rings. The molecule has 0 unspecified atom stereocenters. The summed E-state index contributed by atoms with van der Waals surface area (Å²) in [6, 6.07) is 6.20. The van der Waals surface area contributed by atoms with Gasteiger partial charge in [-0.05, 0) is 46.8 Å². The predicted molar refractivity (Wildman–Crippen MR) is 104 cm³/mol. The minimum Gasteiger partial charge on any atom is -0.465 e. The SMILES string of the molecule is CCOC(=O)Cn1c2c(c3cc(C)ccc31)CN(C(=O)OC(C)(C)C)CC2. The van der Waals surface area contributed by atoms with Crippen LogP contribution in [0.5, 0.6) is 0 Å². The molecule has 1 amide bonds. The summed E-state index contributed by atoms with van der Waals surface area (Å²) in [5.41, 5.74) is 3.82. The Morgan fingerprint density at radius 3 is 2.63 bits per heavy atom. The first-order valence-corrected chi connectivity index (χ1v) is 9.43. The maximum Gasteiger partial charge on any atom is 0.410 e. The average Bonchev–Trinajstić information content (AvgIpc) is 2.86. The molecule has 0 radical (unpaired) electrons. The van der Waals surface area contributed by atoms with Gasteiger partial charge in [-0.1, -0.05) is 11.6 Å². The summed E-state index contributed by atoms with van der Waals surface area (Å²) in [7, 11) is 0. The van der Waals surface area contributed by atoms with Gasteiger partial charge in [0, 0.05) is 35.1 Å². The summed E-state index contributed by atoms with van der Waals surface area (Å²) in [4.78, 5) is 26.4. The van der Waals surface area contributed by atoms with Gasteiger partial charge < -0.3 is 18.9 Å². The standard InChI is InChI=1S/C21H28N2O4/c1-6-26-19(24)13-23-17-8-7-14(2)11-15(17)16-12-22(10-9-18(16)23)20(25)27-21(3,4)5/h7-8,11H,6,9-10,12-13H2,1-5H3. The number of nitrogens with zero attached hydrogens (tertiary/aromatic N) is 2. The van der Waals surface area contributed by atoms with Crippen LogP contribution < -0.4 is 0 Å². The molecule has 0 atom stereocenters. The Hall–Kier alpha value is -2.50. The largest absolute Gasteiger partial charge is 0.465 e. The number of carbonyl (C=O) groups excluding carboxylic acids is 2. The fourth-order valence-electron chi connectivity index (χ4n) is 3.56. The highest BCUT2D eigenvalue weighted by atomic mass is 16.6. The summed E-state index contributed by atoms with van der Waals surface area (Å²) >= 11 is 0. The number of amides is 1. The molecular formula is C21H28N2O4. The molecule has 1 aromatic heterocycles. The Morgan fingerprint density at radius 2 is 1.96 bits per heavy atom.